The summed E-state index contributed by atoms with van der Waals surface area (Å²) in [4.78, 5) is 0. The Bertz CT molecular complexity index is 521. The van der Waals surface area contributed by atoms with Gasteiger partial charge in [0.05, 0.1) is 17.6 Å². The largest absolute Gasteiger partial charge is 0.390 e. The van der Waals surface area contributed by atoms with Crippen LogP contribution in [-0.2, 0) is 0 Å². The molecule has 2 heteroatoms. The van der Waals surface area contributed by atoms with Crippen molar-refractivity contribution >= 4 is 0 Å². The summed E-state index contributed by atoms with van der Waals surface area (Å²) >= 11 is 0. The van der Waals surface area contributed by atoms with Crippen LogP contribution in [0.15, 0.2) is 0 Å². The average Bonchev–Trinajstić information content (AvgIpc) is 2.71. The van der Waals surface area contributed by atoms with Crippen molar-refractivity contribution in [1.82, 2.24) is 0 Å². The Morgan fingerprint density at radius 1 is 0.875 bits per heavy atom. The molecule has 4 aliphatic rings. The maximum Gasteiger partial charge on any atom is 0.0661 e. The number of nitrogens with zero attached hydrogens (tertiary/aromatic N) is 1. The van der Waals surface area contributed by atoms with Crippen LogP contribution in [0.25, 0.3) is 0 Å². The summed E-state index contributed by atoms with van der Waals surface area (Å²) in [5.74, 6) is 4.44. The lowest BCUT2D eigenvalue weighted by atomic mass is 9.47. The first-order valence-electron chi connectivity index (χ1n) is 10.6. The fourth-order valence-corrected chi connectivity index (χ4v) is 7.66. The van der Waals surface area contributed by atoms with Gasteiger partial charge in [-0.1, -0.05) is 19.8 Å². The second-order valence-electron chi connectivity index (χ2n) is 10.2. The lowest BCUT2D eigenvalue weighted by Crippen LogP contribution is -2.52. The smallest absolute Gasteiger partial charge is 0.0661 e. The Balaban J connectivity index is 1.58. The van der Waals surface area contributed by atoms with Gasteiger partial charge in [0.1, 0.15) is 0 Å². The zero-order valence-electron chi connectivity index (χ0n) is 15.6. The summed E-state index contributed by atoms with van der Waals surface area (Å²) in [6.07, 6.45) is 13.7. The van der Waals surface area contributed by atoms with Crippen LogP contribution in [0.4, 0.5) is 0 Å². The molecule has 0 aromatic rings. The maximum atomic E-state index is 10.5. The summed E-state index contributed by atoms with van der Waals surface area (Å²) in [5, 5.41) is 20.3. The quantitative estimate of drug-likeness (QED) is 0.654. The monoisotopic (exact) mass is 329 g/mol. The number of fused-ring (bicyclic) bond motifs is 5. The minimum absolute atomic E-state index is 0.277. The molecule has 0 spiro atoms. The third kappa shape index (κ3) is 2.63. The van der Waals surface area contributed by atoms with Gasteiger partial charge >= 0.3 is 0 Å². The first-order valence-corrected chi connectivity index (χ1v) is 10.6. The van der Waals surface area contributed by atoms with E-state index in [0.717, 1.165) is 48.9 Å². The summed E-state index contributed by atoms with van der Waals surface area (Å²) < 4.78 is 0. The van der Waals surface area contributed by atoms with Crippen LogP contribution < -0.4 is 0 Å². The highest BCUT2D eigenvalue weighted by atomic mass is 16.3. The molecule has 0 amide bonds. The number of rotatable bonds is 0. The molecule has 4 rings (SSSR count). The van der Waals surface area contributed by atoms with E-state index in [0.29, 0.717) is 0 Å². The summed E-state index contributed by atoms with van der Waals surface area (Å²) in [6.45, 7) is 4.51. The van der Waals surface area contributed by atoms with Gasteiger partial charge in [0, 0.05) is 0 Å². The van der Waals surface area contributed by atoms with E-state index in [1.54, 1.807) is 0 Å². The van der Waals surface area contributed by atoms with E-state index in [9.17, 15) is 10.4 Å². The minimum Gasteiger partial charge on any atom is -0.390 e. The van der Waals surface area contributed by atoms with E-state index in [2.05, 4.69) is 19.9 Å². The Morgan fingerprint density at radius 3 is 2.42 bits per heavy atom. The summed E-state index contributed by atoms with van der Waals surface area (Å²) in [5.41, 5.74) is -0.134. The van der Waals surface area contributed by atoms with Crippen molar-refractivity contribution in [2.24, 2.45) is 40.9 Å². The van der Waals surface area contributed by atoms with Crippen molar-refractivity contribution in [1.29, 1.82) is 5.26 Å². The van der Waals surface area contributed by atoms with Gasteiger partial charge in [-0.2, -0.15) is 5.26 Å². The van der Waals surface area contributed by atoms with Crippen molar-refractivity contribution in [2.75, 3.05) is 0 Å². The Labute approximate surface area is 148 Å². The van der Waals surface area contributed by atoms with Crippen LogP contribution in [0.1, 0.15) is 84.5 Å². The molecule has 0 bridgehead atoms. The molecule has 1 N–H and O–H groups in total. The van der Waals surface area contributed by atoms with Gasteiger partial charge in [0.15, 0.2) is 0 Å². The predicted octanol–water partition coefficient (Wildman–Crippen LogP) is 5.31. The van der Waals surface area contributed by atoms with Crippen molar-refractivity contribution < 1.29 is 5.11 Å². The van der Waals surface area contributed by atoms with E-state index in [1.807, 2.05) is 0 Å². The van der Waals surface area contributed by atoms with Crippen LogP contribution >= 0.6 is 0 Å². The molecule has 0 aromatic heterocycles. The van der Waals surface area contributed by atoms with Crippen LogP contribution in [0.3, 0.4) is 0 Å². The first-order chi connectivity index (χ1) is 11.4. The number of nitriles is 1. The molecule has 4 aliphatic carbocycles. The molecule has 0 heterocycles. The normalized spacial score (nSPS) is 54.6. The fraction of sp³-hybridized carbons (Fsp3) is 0.955. The third-order valence-electron chi connectivity index (χ3n) is 8.88. The van der Waals surface area contributed by atoms with Crippen LogP contribution in [-0.4, -0.2) is 10.7 Å². The van der Waals surface area contributed by atoms with E-state index >= 15 is 0 Å². The molecule has 134 valence electrons. The Hall–Kier alpha value is -0.550. The predicted molar refractivity (Wildman–Crippen MR) is 96.1 cm³/mol. The highest BCUT2D eigenvalue weighted by Crippen LogP contribution is 2.62. The van der Waals surface area contributed by atoms with Gasteiger partial charge in [-0.25, -0.2) is 0 Å². The van der Waals surface area contributed by atoms with Gasteiger partial charge in [-0.3, -0.25) is 0 Å². The van der Waals surface area contributed by atoms with Crippen molar-refractivity contribution in [3.63, 3.8) is 0 Å². The Morgan fingerprint density at radius 2 is 1.62 bits per heavy atom. The van der Waals surface area contributed by atoms with Crippen molar-refractivity contribution in [3.8, 4) is 6.07 Å². The second-order valence-corrected chi connectivity index (χ2v) is 10.2. The van der Waals surface area contributed by atoms with Gasteiger partial charge in [-0.05, 0) is 99.7 Å². The Kier molecular flexibility index (Phi) is 4.23. The van der Waals surface area contributed by atoms with Gasteiger partial charge in [0.2, 0.25) is 0 Å². The zero-order chi connectivity index (χ0) is 16.9. The molecule has 0 aromatic carbocycles. The highest BCUT2D eigenvalue weighted by Gasteiger charge is 2.55. The molecule has 8 atom stereocenters. The molecule has 0 saturated heterocycles. The van der Waals surface area contributed by atoms with E-state index in [4.69, 9.17) is 0 Å². The average molecular weight is 330 g/mol. The summed E-state index contributed by atoms with van der Waals surface area (Å²) in [6, 6.07) is 2.71. The summed E-state index contributed by atoms with van der Waals surface area (Å²) in [7, 11) is 0. The minimum atomic E-state index is -0.411. The van der Waals surface area contributed by atoms with E-state index < -0.39 is 5.60 Å². The number of hydrogen-bond acceptors (Lipinski definition) is 2. The van der Waals surface area contributed by atoms with E-state index in [1.165, 1.54) is 51.4 Å². The van der Waals surface area contributed by atoms with Gasteiger partial charge in [-0.15, -0.1) is 0 Å². The standard InChI is InChI=1S/C22H35NO/c1-21(24)11-9-17-15(13-21)7-8-19-18(17)10-12-22(2)16(14-23)5-3-4-6-20(19)22/h15-20,24H,3-13H2,1-2H3. The first kappa shape index (κ1) is 16.9. The maximum absolute atomic E-state index is 10.5. The molecule has 4 saturated carbocycles. The van der Waals surface area contributed by atoms with Crippen LogP contribution in [0.2, 0.25) is 0 Å². The number of aliphatic hydroxyl groups is 1. The fourth-order valence-electron chi connectivity index (χ4n) is 7.66. The second kappa shape index (κ2) is 6.01. The molecule has 4 fully saturated rings. The van der Waals surface area contributed by atoms with Crippen LogP contribution in [0, 0.1) is 52.3 Å². The van der Waals surface area contributed by atoms with E-state index in [-0.39, 0.29) is 11.3 Å². The molecule has 2 nitrogen and oxygen atoms in total. The number of hydrogen-bond donors (Lipinski definition) is 1. The van der Waals surface area contributed by atoms with Crippen molar-refractivity contribution in [2.45, 2.75) is 90.1 Å². The SMILES string of the molecule is CC1(O)CCC2C(CCC3C2CCC2(C)C(C#N)CCCCC32)C1. The molecular formula is C22H35NO. The lowest BCUT2D eigenvalue weighted by Gasteiger charge is -2.58. The topological polar surface area (TPSA) is 44.0 Å². The lowest BCUT2D eigenvalue weighted by molar-refractivity contribution is -0.108. The van der Waals surface area contributed by atoms with Crippen molar-refractivity contribution in [3.05, 3.63) is 0 Å². The molecule has 0 aliphatic heterocycles. The molecule has 0 radical (unpaired) electrons. The van der Waals surface area contributed by atoms with Crippen LogP contribution in [0.5, 0.6) is 0 Å². The zero-order valence-corrected chi connectivity index (χ0v) is 15.6. The molecular weight excluding hydrogens is 294 g/mol. The van der Waals surface area contributed by atoms with Gasteiger partial charge in [0.25, 0.3) is 0 Å². The molecule has 8 unspecified atom stereocenters. The highest BCUT2D eigenvalue weighted by molar-refractivity contribution is 5.08. The third-order valence-corrected chi connectivity index (χ3v) is 8.88. The molecule has 24 heavy (non-hydrogen) atoms. The van der Waals surface area contributed by atoms with Gasteiger partial charge < -0.3 is 5.11 Å².